The number of ether oxygens (including phenoxy) is 2. The van der Waals surface area contributed by atoms with Crippen LogP contribution in [-0.2, 0) is 14.4 Å². The van der Waals surface area contributed by atoms with E-state index < -0.39 is 35.8 Å². The topological polar surface area (TPSA) is 116 Å². The maximum absolute atomic E-state index is 14.2. The highest BCUT2D eigenvalue weighted by atomic mass is 19.1. The van der Waals surface area contributed by atoms with Crippen molar-refractivity contribution < 1.29 is 28.2 Å². The number of carbonyl (C=O) groups is 3. The molecular formula is C36H35FN6O5. The van der Waals surface area contributed by atoms with E-state index in [4.69, 9.17) is 14.6 Å². The van der Waals surface area contributed by atoms with Crippen molar-refractivity contribution >= 4 is 35.2 Å². The molecule has 3 amide bonds. The van der Waals surface area contributed by atoms with Gasteiger partial charge in [0, 0.05) is 5.92 Å². The average Bonchev–Trinajstić information content (AvgIpc) is 3.75. The molecule has 1 saturated carbocycles. The summed E-state index contributed by atoms with van der Waals surface area (Å²) in [7, 11) is 0. The molecule has 11 nitrogen and oxygen atoms in total. The second-order valence-electron chi connectivity index (χ2n) is 12.0. The van der Waals surface area contributed by atoms with E-state index in [-0.39, 0.29) is 24.1 Å². The molecule has 1 saturated heterocycles. The molecule has 0 spiro atoms. The molecule has 0 radical (unpaired) electrons. The lowest BCUT2D eigenvalue weighted by molar-refractivity contribution is -0.136. The molecule has 3 aliphatic heterocycles. The predicted octanol–water partition coefficient (Wildman–Crippen LogP) is 5.74. The van der Waals surface area contributed by atoms with Crippen molar-refractivity contribution in [3.05, 3.63) is 95.3 Å². The number of halogens is 1. The maximum atomic E-state index is 14.2. The van der Waals surface area contributed by atoms with Crippen molar-refractivity contribution in [3.63, 3.8) is 0 Å². The SMILES string of the molecule is CCOc1ccc(C=C2CCCC3C2=NN(C(=O)CN2N=NC4C(=O)N(c5cccc(F)c5)C(=O)C42)C3c2ccc(OCC)cc2)cc1. The Kier molecular flexibility index (Phi) is 8.47. The quantitative estimate of drug-likeness (QED) is 0.273. The molecule has 3 aromatic carbocycles. The normalized spacial score (nSPS) is 23.9. The summed E-state index contributed by atoms with van der Waals surface area (Å²) < 4.78 is 25.2. The Morgan fingerprint density at radius 1 is 0.938 bits per heavy atom. The van der Waals surface area contributed by atoms with Crippen molar-refractivity contribution in [1.29, 1.82) is 0 Å². The third-order valence-electron chi connectivity index (χ3n) is 9.04. The molecule has 1 aliphatic carbocycles. The zero-order chi connectivity index (χ0) is 33.4. The van der Waals surface area contributed by atoms with Gasteiger partial charge in [-0.05, 0) is 98.4 Å². The fourth-order valence-corrected chi connectivity index (χ4v) is 6.93. The molecule has 7 rings (SSSR count). The van der Waals surface area contributed by atoms with Crippen LogP contribution in [0.5, 0.6) is 11.5 Å². The molecule has 246 valence electrons. The van der Waals surface area contributed by atoms with E-state index in [1.807, 2.05) is 62.4 Å². The molecule has 0 bridgehead atoms. The monoisotopic (exact) mass is 650 g/mol. The van der Waals surface area contributed by atoms with Gasteiger partial charge in [0.1, 0.15) is 23.9 Å². The van der Waals surface area contributed by atoms with Gasteiger partial charge in [0.05, 0.1) is 30.7 Å². The van der Waals surface area contributed by atoms with Crippen LogP contribution in [0.15, 0.2) is 93.8 Å². The van der Waals surface area contributed by atoms with Crippen LogP contribution in [0.2, 0.25) is 0 Å². The van der Waals surface area contributed by atoms with Gasteiger partial charge < -0.3 is 9.47 Å². The first-order chi connectivity index (χ1) is 23.4. The summed E-state index contributed by atoms with van der Waals surface area (Å²) in [5.74, 6) is -0.717. The number of fused-ring (bicyclic) bond motifs is 2. The minimum Gasteiger partial charge on any atom is -0.494 e. The van der Waals surface area contributed by atoms with Gasteiger partial charge >= 0.3 is 0 Å². The molecule has 12 heteroatoms. The van der Waals surface area contributed by atoms with Crippen molar-refractivity contribution in [2.24, 2.45) is 21.4 Å². The lowest BCUT2D eigenvalue weighted by atomic mass is 9.77. The Bertz CT molecular complexity index is 1820. The van der Waals surface area contributed by atoms with E-state index in [0.717, 1.165) is 64.1 Å². The van der Waals surface area contributed by atoms with Gasteiger partial charge in [-0.2, -0.15) is 10.2 Å². The third-order valence-corrected chi connectivity index (χ3v) is 9.04. The van der Waals surface area contributed by atoms with E-state index >= 15 is 0 Å². The Morgan fingerprint density at radius 2 is 1.65 bits per heavy atom. The number of hydrogen-bond donors (Lipinski definition) is 0. The lowest BCUT2D eigenvalue weighted by Crippen LogP contribution is -2.45. The van der Waals surface area contributed by atoms with Crippen LogP contribution in [0, 0.1) is 11.7 Å². The third kappa shape index (κ3) is 5.71. The van der Waals surface area contributed by atoms with Gasteiger partial charge in [-0.25, -0.2) is 14.3 Å². The molecule has 3 heterocycles. The summed E-state index contributed by atoms with van der Waals surface area (Å²) in [6, 6.07) is 18.2. The van der Waals surface area contributed by atoms with Crippen LogP contribution in [0.3, 0.4) is 0 Å². The number of imide groups is 1. The van der Waals surface area contributed by atoms with Crippen LogP contribution < -0.4 is 14.4 Å². The Balaban J connectivity index is 1.18. The number of hydrogen-bond acceptors (Lipinski definition) is 9. The number of nitrogens with zero attached hydrogens (tertiary/aromatic N) is 6. The van der Waals surface area contributed by atoms with Crippen LogP contribution >= 0.6 is 0 Å². The van der Waals surface area contributed by atoms with E-state index in [0.29, 0.717) is 13.2 Å². The predicted molar refractivity (Wildman–Crippen MR) is 176 cm³/mol. The molecule has 4 unspecified atom stereocenters. The lowest BCUT2D eigenvalue weighted by Gasteiger charge is -2.30. The zero-order valence-corrected chi connectivity index (χ0v) is 26.7. The number of carbonyl (C=O) groups excluding carboxylic acids is 3. The van der Waals surface area contributed by atoms with Crippen LogP contribution in [0.4, 0.5) is 10.1 Å². The van der Waals surface area contributed by atoms with E-state index in [1.54, 1.807) is 0 Å². The molecule has 0 aromatic heterocycles. The van der Waals surface area contributed by atoms with Gasteiger partial charge in [-0.3, -0.25) is 19.4 Å². The van der Waals surface area contributed by atoms with E-state index in [9.17, 15) is 18.8 Å². The number of hydrazone groups is 1. The van der Waals surface area contributed by atoms with Crippen LogP contribution in [0.25, 0.3) is 6.08 Å². The van der Waals surface area contributed by atoms with Crippen molar-refractivity contribution in [2.45, 2.75) is 51.2 Å². The van der Waals surface area contributed by atoms with Gasteiger partial charge in [0.2, 0.25) is 0 Å². The van der Waals surface area contributed by atoms with Crippen LogP contribution in [-0.4, -0.2) is 65.3 Å². The number of amides is 3. The van der Waals surface area contributed by atoms with Crippen molar-refractivity contribution in [1.82, 2.24) is 10.0 Å². The maximum Gasteiger partial charge on any atom is 0.264 e. The Morgan fingerprint density at radius 3 is 2.33 bits per heavy atom. The Hall–Kier alpha value is -5.39. The molecule has 3 aromatic rings. The first-order valence-corrected chi connectivity index (χ1v) is 16.2. The van der Waals surface area contributed by atoms with Gasteiger partial charge in [0.25, 0.3) is 17.7 Å². The second-order valence-corrected chi connectivity index (χ2v) is 12.0. The van der Waals surface area contributed by atoms with Gasteiger partial charge in [-0.15, -0.1) is 0 Å². The first-order valence-electron chi connectivity index (χ1n) is 16.2. The highest BCUT2D eigenvalue weighted by Crippen LogP contribution is 2.45. The standard InChI is InChI=1S/C36H35FN6O5/c1-3-47-27-15-11-22(12-16-27)19-24-7-5-10-29-31(24)39-43(33(29)23-13-17-28(18-14-23)48-4-2)30(44)21-41-34-32(38-40-41)35(45)42(36(34)46)26-9-6-8-25(37)20-26/h6,8-9,11-20,29,32-34H,3-5,7,10,21H2,1-2H3. The fourth-order valence-electron chi connectivity index (χ4n) is 6.93. The van der Waals surface area contributed by atoms with Gasteiger partial charge in [0.15, 0.2) is 12.1 Å². The number of rotatable bonds is 9. The Labute approximate surface area is 277 Å². The molecule has 2 fully saturated rings. The van der Waals surface area contributed by atoms with Gasteiger partial charge in [-0.1, -0.05) is 35.6 Å². The minimum atomic E-state index is -1.12. The highest BCUT2D eigenvalue weighted by Gasteiger charge is 2.55. The van der Waals surface area contributed by atoms with Crippen LogP contribution in [0.1, 0.15) is 50.3 Å². The molecule has 4 aliphatic rings. The van der Waals surface area contributed by atoms with Crippen molar-refractivity contribution in [2.75, 3.05) is 24.7 Å². The summed E-state index contributed by atoms with van der Waals surface area (Å²) in [5.41, 5.74) is 3.94. The molecular weight excluding hydrogens is 615 g/mol. The van der Waals surface area contributed by atoms with Crippen molar-refractivity contribution in [3.8, 4) is 11.5 Å². The molecule has 4 atom stereocenters. The average molecular weight is 651 g/mol. The summed E-state index contributed by atoms with van der Waals surface area (Å²) >= 11 is 0. The van der Waals surface area contributed by atoms with E-state index in [1.165, 1.54) is 28.2 Å². The number of allylic oxidation sites excluding steroid dienone is 1. The number of benzene rings is 3. The summed E-state index contributed by atoms with van der Waals surface area (Å²) in [6.07, 6.45) is 4.70. The largest absolute Gasteiger partial charge is 0.494 e. The summed E-state index contributed by atoms with van der Waals surface area (Å²) in [5, 5.41) is 15.8. The highest BCUT2D eigenvalue weighted by molar-refractivity contribution is 6.25. The number of anilines is 1. The minimum absolute atomic E-state index is 0.0549. The zero-order valence-electron chi connectivity index (χ0n) is 26.7. The van der Waals surface area contributed by atoms with E-state index in [2.05, 4.69) is 16.4 Å². The summed E-state index contributed by atoms with van der Waals surface area (Å²) in [4.78, 5) is 41.8. The molecule has 0 N–H and O–H groups in total. The first kappa shape index (κ1) is 31.2. The summed E-state index contributed by atoms with van der Waals surface area (Å²) in [6.45, 7) is 4.67. The molecule has 48 heavy (non-hydrogen) atoms. The fraction of sp³-hybridized carbons (Fsp3) is 0.333. The second kappa shape index (κ2) is 13.0. The smallest absolute Gasteiger partial charge is 0.264 e.